The van der Waals surface area contributed by atoms with Crippen molar-refractivity contribution in [1.29, 1.82) is 10.8 Å². The lowest BCUT2D eigenvalue weighted by molar-refractivity contribution is -0.121. The summed E-state index contributed by atoms with van der Waals surface area (Å²) < 4.78 is 11.2. The van der Waals surface area contributed by atoms with E-state index in [0.29, 0.717) is 40.7 Å². The number of ether oxygens (including phenoxy) is 2. The monoisotopic (exact) mass is 650 g/mol. The van der Waals surface area contributed by atoms with Crippen LogP contribution in [0.15, 0.2) is 59.7 Å². The number of rotatable bonds is 13. The summed E-state index contributed by atoms with van der Waals surface area (Å²) >= 11 is 0. The highest BCUT2D eigenvalue weighted by molar-refractivity contribution is 6.03. The van der Waals surface area contributed by atoms with Gasteiger partial charge in [-0.2, -0.15) is 0 Å². The molecule has 1 aromatic carbocycles. The van der Waals surface area contributed by atoms with Crippen LogP contribution in [0.4, 0.5) is 5.69 Å². The molecule has 0 spiro atoms. The third kappa shape index (κ3) is 14.8. The number of carbonyl (C=O) groups excluding carboxylic acids is 2. The van der Waals surface area contributed by atoms with E-state index in [1.54, 1.807) is 38.2 Å². The highest BCUT2D eigenvalue weighted by Crippen LogP contribution is 2.32. The zero-order valence-corrected chi connectivity index (χ0v) is 29.1. The third-order valence-electron chi connectivity index (χ3n) is 6.93. The number of carbonyl (C=O) groups is 2. The number of amides is 2. The summed E-state index contributed by atoms with van der Waals surface area (Å²) in [6.07, 6.45) is 6.54. The molecule has 1 aliphatic carbocycles. The van der Waals surface area contributed by atoms with Gasteiger partial charge >= 0.3 is 0 Å². The highest BCUT2D eigenvalue weighted by Gasteiger charge is 2.29. The standard InChI is InChI=1S/C25H38N6O3.C8H11N.C2H5NO/c1-6-16(12-14(2)3)23(28)34-24(29)18-8-7-9-19(22(18)33-5)30-20(15(4)26)13-21(27)31-25(32)17-10-11-17;1-3-8-6-4-5-7(2)9-8;1-3-2-4/h7-9,13-14,16-17,28-30H,6,10-12,26-27H2,1-5H3,(H,31,32);4-6H,3H2,1-2H3;2H,1H3,(H,3,4)/b20-15+,21-13+,28-23?,29-24?;;. The van der Waals surface area contributed by atoms with E-state index in [9.17, 15) is 4.79 Å². The fourth-order valence-electron chi connectivity index (χ4n) is 4.28. The number of nitrogens with one attached hydrogen (secondary N) is 5. The molecular formula is C35H54N8O4. The largest absolute Gasteiger partial charge is 0.494 e. The normalized spacial score (nSPS) is 13.3. The molecule has 1 aromatic heterocycles. The second-order valence-corrected chi connectivity index (χ2v) is 11.5. The predicted octanol–water partition coefficient (Wildman–Crippen LogP) is 5.33. The van der Waals surface area contributed by atoms with Gasteiger partial charge in [0, 0.05) is 42.0 Å². The van der Waals surface area contributed by atoms with Crippen LogP contribution in [0.5, 0.6) is 5.75 Å². The Morgan fingerprint density at radius 3 is 2.23 bits per heavy atom. The molecular weight excluding hydrogens is 596 g/mol. The van der Waals surface area contributed by atoms with Crippen LogP contribution < -0.4 is 32.2 Å². The van der Waals surface area contributed by atoms with E-state index < -0.39 is 0 Å². The van der Waals surface area contributed by atoms with E-state index in [1.165, 1.54) is 12.8 Å². The maximum atomic E-state index is 12.0. The summed E-state index contributed by atoms with van der Waals surface area (Å²) in [6.45, 7) is 12.0. The minimum Gasteiger partial charge on any atom is -0.494 e. The predicted molar refractivity (Wildman–Crippen MR) is 189 cm³/mol. The number of para-hydroxylation sites is 1. The van der Waals surface area contributed by atoms with Gasteiger partial charge in [-0.25, -0.2) is 0 Å². The van der Waals surface area contributed by atoms with Gasteiger partial charge in [-0.15, -0.1) is 0 Å². The summed E-state index contributed by atoms with van der Waals surface area (Å²) in [7, 11) is 3.06. The molecule has 1 aliphatic rings. The summed E-state index contributed by atoms with van der Waals surface area (Å²) in [5, 5.41) is 24.9. The lowest BCUT2D eigenvalue weighted by atomic mass is 9.95. The van der Waals surface area contributed by atoms with Crippen molar-refractivity contribution in [3.05, 3.63) is 76.6 Å². The third-order valence-corrected chi connectivity index (χ3v) is 6.93. The van der Waals surface area contributed by atoms with Crippen LogP contribution in [0, 0.1) is 35.5 Å². The van der Waals surface area contributed by atoms with Gasteiger partial charge in [0.15, 0.2) is 11.6 Å². The second-order valence-electron chi connectivity index (χ2n) is 11.5. The van der Waals surface area contributed by atoms with E-state index in [2.05, 4.69) is 41.7 Å². The molecule has 9 N–H and O–H groups in total. The van der Waals surface area contributed by atoms with Crippen molar-refractivity contribution < 1.29 is 19.1 Å². The first kappa shape index (κ1) is 40.2. The fourth-order valence-corrected chi connectivity index (χ4v) is 4.28. The molecule has 2 amide bonds. The minimum absolute atomic E-state index is 0.0284. The molecule has 1 heterocycles. The van der Waals surface area contributed by atoms with Crippen LogP contribution in [-0.2, 0) is 20.7 Å². The Hall–Kier alpha value is -4.87. The average Bonchev–Trinajstić information content (AvgIpc) is 3.89. The molecule has 12 nitrogen and oxygen atoms in total. The van der Waals surface area contributed by atoms with Crippen LogP contribution in [0.1, 0.15) is 77.3 Å². The maximum Gasteiger partial charge on any atom is 0.228 e. The lowest BCUT2D eigenvalue weighted by Crippen LogP contribution is -2.29. The van der Waals surface area contributed by atoms with Gasteiger partial charge in [0.1, 0.15) is 5.82 Å². The molecule has 258 valence electrons. The lowest BCUT2D eigenvalue weighted by Gasteiger charge is -2.20. The molecule has 1 unspecified atom stereocenters. The van der Waals surface area contributed by atoms with Crippen LogP contribution >= 0.6 is 0 Å². The van der Waals surface area contributed by atoms with Crippen molar-refractivity contribution in [2.24, 2.45) is 29.2 Å². The maximum absolute atomic E-state index is 12.0. The van der Waals surface area contributed by atoms with Crippen molar-refractivity contribution in [2.45, 2.75) is 73.6 Å². The molecule has 0 saturated heterocycles. The van der Waals surface area contributed by atoms with Crippen LogP contribution in [0.3, 0.4) is 0 Å². The number of aryl methyl sites for hydroxylation is 2. The molecule has 1 saturated carbocycles. The quantitative estimate of drug-likeness (QED) is 0.0652. The van der Waals surface area contributed by atoms with E-state index in [4.69, 9.17) is 36.6 Å². The topological polar surface area (TPSA) is 201 Å². The van der Waals surface area contributed by atoms with Crippen LogP contribution in [0.25, 0.3) is 0 Å². The first-order chi connectivity index (χ1) is 22.3. The van der Waals surface area contributed by atoms with Crippen molar-refractivity contribution >= 4 is 29.8 Å². The number of allylic oxidation sites excluding steroid dienone is 2. The highest BCUT2D eigenvalue weighted by atomic mass is 16.5. The number of hydrogen-bond acceptors (Lipinski definition) is 10. The smallest absolute Gasteiger partial charge is 0.228 e. The summed E-state index contributed by atoms with van der Waals surface area (Å²) in [5.41, 5.74) is 16.2. The second kappa shape index (κ2) is 21.0. The van der Waals surface area contributed by atoms with E-state index >= 15 is 0 Å². The van der Waals surface area contributed by atoms with E-state index in [-0.39, 0.29) is 35.4 Å². The van der Waals surface area contributed by atoms with Crippen molar-refractivity contribution in [3.63, 3.8) is 0 Å². The van der Waals surface area contributed by atoms with Gasteiger partial charge in [-0.05, 0) is 76.1 Å². The zero-order valence-electron chi connectivity index (χ0n) is 29.1. The summed E-state index contributed by atoms with van der Waals surface area (Å²) in [6, 6.07) is 11.3. The van der Waals surface area contributed by atoms with Gasteiger partial charge in [-0.3, -0.25) is 25.4 Å². The fraction of sp³-hybridized carbons (Fsp3) is 0.457. The Morgan fingerprint density at radius 2 is 1.77 bits per heavy atom. The Balaban J connectivity index is 0.000000705. The number of hydrogen-bond donors (Lipinski definition) is 7. The number of aromatic nitrogens is 1. The van der Waals surface area contributed by atoms with E-state index in [1.807, 2.05) is 32.0 Å². The Bertz CT molecular complexity index is 1400. The number of nitrogens with zero attached hydrogens (tertiary/aromatic N) is 1. The Morgan fingerprint density at radius 1 is 1.13 bits per heavy atom. The van der Waals surface area contributed by atoms with Gasteiger partial charge < -0.3 is 36.9 Å². The van der Waals surface area contributed by atoms with E-state index in [0.717, 1.165) is 37.8 Å². The van der Waals surface area contributed by atoms with Gasteiger partial charge in [0.2, 0.25) is 18.2 Å². The number of benzene rings is 1. The summed E-state index contributed by atoms with van der Waals surface area (Å²) in [4.78, 5) is 25.3. The number of pyridine rings is 1. The van der Waals surface area contributed by atoms with Crippen LogP contribution in [-0.4, -0.2) is 43.3 Å². The van der Waals surface area contributed by atoms with Crippen molar-refractivity contribution in [1.82, 2.24) is 15.6 Å². The van der Waals surface area contributed by atoms with Gasteiger partial charge in [-0.1, -0.05) is 39.8 Å². The van der Waals surface area contributed by atoms with Gasteiger partial charge in [0.25, 0.3) is 0 Å². The molecule has 2 aromatic rings. The molecule has 0 aliphatic heterocycles. The molecule has 12 heteroatoms. The molecule has 3 rings (SSSR count). The minimum atomic E-state index is -0.172. The summed E-state index contributed by atoms with van der Waals surface area (Å²) in [5.74, 6) is 0.741. The molecule has 47 heavy (non-hydrogen) atoms. The number of nitrogens with two attached hydrogens (primary N) is 2. The first-order valence-electron chi connectivity index (χ1n) is 15.9. The Labute approximate surface area is 279 Å². The SMILES string of the molecule is CCC(CC(C)C)C(=N)OC(=N)c1cccc(NC(/C=C(\N)NC(=O)C2CC2)=C(\C)N)c1OC.CCc1cccc(C)n1.CNC=O. The molecule has 0 bridgehead atoms. The Kier molecular flexibility index (Phi) is 18.0. The van der Waals surface area contributed by atoms with Crippen molar-refractivity contribution in [3.8, 4) is 5.75 Å². The zero-order chi connectivity index (χ0) is 35.5. The molecule has 1 fully saturated rings. The molecule has 1 atom stereocenters. The molecule has 0 radical (unpaired) electrons. The average molecular weight is 651 g/mol. The first-order valence-corrected chi connectivity index (χ1v) is 15.9. The van der Waals surface area contributed by atoms with Crippen molar-refractivity contribution in [2.75, 3.05) is 19.5 Å². The number of anilines is 1. The number of methoxy groups -OCH3 is 1. The van der Waals surface area contributed by atoms with Crippen LogP contribution in [0.2, 0.25) is 0 Å². The van der Waals surface area contributed by atoms with Gasteiger partial charge in [0.05, 0.1) is 24.1 Å².